The van der Waals surface area contributed by atoms with Crippen molar-refractivity contribution >= 4 is 32.8 Å². The van der Waals surface area contributed by atoms with Gasteiger partial charge in [0.05, 0.1) is 22.1 Å². The standard InChI is InChI=1S/C35H23N5/c1-2-9-24(10-3-1)26-11-8-12-27(23-26)39-29-14-5-4-13-28(29)33-30(39)16-17-31-34(33)38-35(25-18-21-36-22-19-25)40(31)32-15-6-7-20-37-32/h1-23H. The first-order valence-corrected chi connectivity index (χ1v) is 13.3. The maximum absolute atomic E-state index is 5.29. The second-order valence-electron chi connectivity index (χ2n) is 9.79. The van der Waals surface area contributed by atoms with Gasteiger partial charge in [-0.25, -0.2) is 9.97 Å². The van der Waals surface area contributed by atoms with E-state index in [4.69, 9.17) is 9.97 Å². The topological polar surface area (TPSA) is 48.5 Å². The molecule has 5 nitrogen and oxygen atoms in total. The minimum atomic E-state index is 0.829. The molecule has 0 amide bonds. The molecule has 0 atom stereocenters. The SMILES string of the molecule is c1ccc(-c2cccc(-n3c4ccccc4c4c5nc(-c6ccncc6)n(-c6ccccn6)c5ccc43)c2)cc1. The highest BCUT2D eigenvalue weighted by atomic mass is 15.1. The molecule has 4 aromatic heterocycles. The van der Waals surface area contributed by atoms with Crippen molar-refractivity contribution in [3.63, 3.8) is 0 Å². The number of fused-ring (bicyclic) bond motifs is 5. The van der Waals surface area contributed by atoms with E-state index in [-0.39, 0.29) is 0 Å². The fraction of sp³-hybridized carbons (Fsp3) is 0. The quantitative estimate of drug-likeness (QED) is 0.238. The van der Waals surface area contributed by atoms with Gasteiger partial charge in [-0.05, 0) is 65.7 Å². The van der Waals surface area contributed by atoms with Gasteiger partial charge in [-0.15, -0.1) is 0 Å². The lowest BCUT2D eigenvalue weighted by Crippen LogP contribution is -1.99. The first-order valence-electron chi connectivity index (χ1n) is 13.3. The van der Waals surface area contributed by atoms with Crippen molar-refractivity contribution in [2.45, 2.75) is 0 Å². The largest absolute Gasteiger partial charge is 0.309 e. The molecular formula is C35H23N5. The Hall–Kier alpha value is -5.55. The molecule has 4 aromatic carbocycles. The molecule has 0 saturated heterocycles. The molecule has 8 aromatic rings. The number of nitrogens with zero attached hydrogens (tertiary/aromatic N) is 5. The number of aromatic nitrogens is 5. The van der Waals surface area contributed by atoms with Crippen molar-refractivity contribution in [2.24, 2.45) is 0 Å². The second-order valence-corrected chi connectivity index (χ2v) is 9.79. The lowest BCUT2D eigenvalue weighted by Gasteiger charge is -2.11. The first-order chi connectivity index (χ1) is 19.9. The highest BCUT2D eigenvalue weighted by molar-refractivity contribution is 6.20. The highest BCUT2D eigenvalue weighted by Gasteiger charge is 2.21. The van der Waals surface area contributed by atoms with E-state index in [1.807, 2.05) is 36.5 Å². The Morgan fingerprint density at radius 2 is 1.27 bits per heavy atom. The molecular weight excluding hydrogens is 490 g/mol. The van der Waals surface area contributed by atoms with Crippen LogP contribution in [0.1, 0.15) is 0 Å². The summed E-state index contributed by atoms with van der Waals surface area (Å²) in [6.45, 7) is 0. The first kappa shape index (κ1) is 22.4. The fourth-order valence-corrected chi connectivity index (χ4v) is 5.74. The number of imidazole rings is 1. The predicted molar refractivity (Wildman–Crippen MR) is 162 cm³/mol. The van der Waals surface area contributed by atoms with Crippen LogP contribution in [0.3, 0.4) is 0 Å². The van der Waals surface area contributed by atoms with Crippen molar-refractivity contribution in [2.75, 3.05) is 0 Å². The van der Waals surface area contributed by atoms with Gasteiger partial charge in [0.2, 0.25) is 0 Å². The monoisotopic (exact) mass is 513 g/mol. The minimum absolute atomic E-state index is 0.829. The molecule has 0 aliphatic heterocycles. The van der Waals surface area contributed by atoms with Gasteiger partial charge in [-0.1, -0.05) is 66.7 Å². The van der Waals surface area contributed by atoms with Gasteiger partial charge in [-0.2, -0.15) is 0 Å². The summed E-state index contributed by atoms with van der Waals surface area (Å²) in [4.78, 5) is 14.2. The summed E-state index contributed by atoms with van der Waals surface area (Å²) in [5.41, 5.74) is 8.71. The fourth-order valence-electron chi connectivity index (χ4n) is 5.74. The molecule has 0 saturated carbocycles. The number of hydrogen-bond acceptors (Lipinski definition) is 3. The van der Waals surface area contributed by atoms with E-state index in [0.29, 0.717) is 0 Å². The van der Waals surface area contributed by atoms with E-state index in [9.17, 15) is 0 Å². The van der Waals surface area contributed by atoms with Gasteiger partial charge in [0.15, 0.2) is 0 Å². The van der Waals surface area contributed by atoms with Crippen LogP contribution in [0, 0.1) is 0 Å². The minimum Gasteiger partial charge on any atom is -0.309 e. The van der Waals surface area contributed by atoms with Gasteiger partial charge >= 0.3 is 0 Å². The van der Waals surface area contributed by atoms with Crippen LogP contribution < -0.4 is 0 Å². The average Bonchev–Trinajstić information content (AvgIpc) is 3.59. The third-order valence-corrected chi connectivity index (χ3v) is 7.49. The Morgan fingerprint density at radius 3 is 2.12 bits per heavy atom. The lowest BCUT2D eigenvalue weighted by atomic mass is 10.1. The van der Waals surface area contributed by atoms with Crippen LogP contribution in [0.5, 0.6) is 0 Å². The number of benzene rings is 4. The molecule has 0 unspecified atom stereocenters. The van der Waals surface area contributed by atoms with Crippen LogP contribution >= 0.6 is 0 Å². The Morgan fingerprint density at radius 1 is 0.500 bits per heavy atom. The molecule has 0 spiro atoms. The van der Waals surface area contributed by atoms with Crippen molar-refractivity contribution in [3.05, 3.63) is 140 Å². The summed E-state index contributed by atoms with van der Waals surface area (Å²) in [5, 5.41) is 2.29. The molecule has 0 radical (unpaired) electrons. The Bertz CT molecular complexity index is 2140. The van der Waals surface area contributed by atoms with E-state index in [2.05, 4.69) is 105 Å². The highest BCUT2D eigenvalue weighted by Crippen LogP contribution is 2.39. The van der Waals surface area contributed by atoms with Crippen LogP contribution in [-0.4, -0.2) is 24.1 Å². The molecule has 5 heteroatoms. The van der Waals surface area contributed by atoms with Crippen LogP contribution in [0.4, 0.5) is 0 Å². The Balaban J connectivity index is 1.46. The van der Waals surface area contributed by atoms with Crippen LogP contribution in [0.15, 0.2) is 140 Å². The molecule has 0 N–H and O–H groups in total. The molecule has 0 fully saturated rings. The summed E-state index contributed by atoms with van der Waals surface area (Å²) < 4.78 is 4.49. The Labute approximate surface area is 230 Å². The summed E-state index contributed by atoms with van der Waals surface area (Å²) in [6.07, 6.45) is 5.43. The number of rotatable bonds is 4. The van der Waals surface area contributed by atoms with E-state index in [0.717, 1.165) is 50.3 Å². The van der Waals surface area contributed by atoms with Crippen molar-refractivity contribution < 1.29 is 0 Å². The smallest absolute Gasteiger partial charge is 0.147 e. The van der Waals surface area contributed by atoms with E-state index in [1.165, 1.54) is 16.5 Å². The molecule has 4 heterocycles. The van der Waals surface area contributed by atoms with Gasteiger partial charge in [0.1, 0.15) is 11.6 Å². The second kappa shape index (κ2) is 9.03. The number of hydrogen-bond donors (Lipinski definition) is 0. The molecule has 0 aliphatic rings. The van der Waals surface area contributed by atoms with E-state index < -0.39 is 0 Å². The van der Waals surface area contributed by atoms with Gasteiger partial charge in [0.25, 0.3) is 0 Å². The average molecular weight is 514 g/mol. The van der Waals surface area contributed by atoms with Crippen molar-refractivity contribution in [1.29, 1.82) is 0 Å². The molecule has 0 bridgehead atoms. The van der Waals surface area contributed by atoms with Crippen molar-refractivity contribution in [1.82, 2.24) is 24.1 Å². The van der Waals surface area contributed by atoms with Crippen LogP contribution in [-0.2, 0) is 0 Å². The summed E-state index contributed by atoms with van der Waals surface area (Å²) in [5.74, 6) is 1.67. The molecule has 188 valence electrons. The van der Waals surface area contributed by atoms with Gasteiger partial charge in [-0.3, -0.25) is 9.55 Å². The van der Waals surface area contributed by atoms with Gasteiger partial charge in [0, 0.05) is 40.6 Å². The number of pyridine rings is 2. The predicted octanol–water partition coefficient (Wildman–Crippen LogP) is 8.25. The molecule has 8 rings (SSSR count). The number of para-hydroxylation sites is 1. The normalized spacial score (nSPS) is 11.5. The van der Waals surface area contributed by atoms with Crippen LogP contribution in [0.2, 0.25) is 0 Å². The summed E-state index contributed by atoms with van der Waals surface area (Å²) in [7, 11) is 0. The molecule has 0 aliphatic carbocycles. The summed E-state index contributed by atoms with van der Waals surface area (Å²) >= 11 is 0. The zero-order valence-corrected chi connectivity index (χ0v) is 21.5. The summed E-state index contributed by atoms with van der Waals surface area (Å²) in [6, 6.07) is 42.2. The van der Waals surface area contributed by atoms with Gasteiger partial charge < -0.3 is 4.57 Å². The molecule has 40 heavy (non-hydrogen) atoms. The van der Waals surface area contributed by atoms with E-state index >= 15 is 0 Å². The Kier molecular flexibility index (Phi) is 5.07. The maximum Gasteiger partial charge on any atom is 0.147 e. The zero-order valence-electron chi connectivity index (χ0n) is 21.5. The lowest BCUT2D eigenvalue weighted by molar-refractivity contribution is 1.03. The van der Waals surface area contributed by atoms with Crippen molar-refractivity contribution in [3.8, 4) is 34.0 Å². The van der Waals surface area contributed by atoms with E-state index in [1.54, 1.807) is 12.4 Å². The third kappa shape index (κ3) is 3.45. The zero-order chi connectivity index (χ0) is 26.5. The van der Waals surface area contributed by atoms with Crippen LogP contribution in [0.25, 0.3) is 66.9 Å². The third-order valence-electron chi connectivity index (χ3n) is 7.49. The maximum atomic E-state index is 5.29.